The number of aromatic amines is 1. The fourth-order valence-electron chi connectivity index (χ4n) is 3.70. The summed E-state index contributed by atoms with van der Waals surface area (Å²) < 4.78 is 0. The van der Waals surface area contributed by atoms with E-state index >= 15 is 0 Å². The Morgan fingerprint density at radius 3 is 3.16 bits per heavy atom. The van der Waals surface area contributed by atoms with Crippen molar-refractivity contribution in [3.8, 4) is 0 Å². The van der Waals surface area contributed by atoms with Gasteiger partial charge in [0.2, 0.25) is 0 Å². The van der Waals surface area contributed by atoms with Crippen LogP contribution < -0.4 is 5.73 Å². The molecule has 4 rings (SSSR count). The first-order valence-corrected chi connectivity index (χ1v) is 6.99. The molecule has 1 aromatic carbocycles. The maximum Gasteiger partial charge on any atom is 0.0462 e. The average molecular weight is 253 g/mol. The summed E-state index contributed by atoms with van der Waals surface area (Å²) in [5, 5.41) is 1.41. The van der Waals surface area contributed by atoms with Crippen molar-refractivity contribution in [3.63, 3.8) is 0 Å². The van der Waals surface area contributed by atoms with Crippen molar-refractivity contribution >= 4 is 16.5 Å². The molecule has 0 amide bonds. The van der Waals surface area contributed by atoms with Crippen molar-refractivity contribution in [2.24, 2.45) is 11.7 Å². The van der Waals surface area contributed by atoms with Crippen molar-refractivity contribution in [2.75, 3.05) is 20.1 Å². The Labute approximate surface area is 113 Å². The molecule has 0 saturated carbocycles. The molecule has 19 heavy (non-hydrogen) atoms. The monoisotopic (exact) mass is 253 g/mol. The van der Waals surface area contributed by atoms with Gasteiger partial charge in [0.05, 0.1) is 0 Å². The van der Waals surface area contributed by atoms with Crippen LogP contribution in [0, 0.1) is 5.92 Å². The van der Waals surface area contributed by atoms with Gasteiger partial charge in [-0.2, -0.15) is 0 Å². The third-order valence-electron chi connectivity index (χ3n) is 4.64. The van der Waals surface area contributed by atoms with E-state index in [9.17, 15) is 0 Å². The van der Waals surface area contributed by atoms with Crippen molar-refractivity contribution in [3.05, 3.63) is 41.6 Å². The number of benzene rings is 1. The zero-order chi connectivity index (χ0) is 13.0. The molecule has 0 spiro atoms. The number of hydrogen-bond acceptors (Lipinski definition) is 2. The first-order chi connectivity index (χ1) is 9.28. The zero-order valence-electron chi connectivity index (χ0n) is 11.2. The largest absolute Gasteiger partial charge is 0.361 e. The number of rotatable bonds is 1. The van der Waals surface area contributed by atoms with Crippen LogP contribution in [0.5, 0.6) is 0 Å². The van der Waals surface area contributed by atoms with E-state index in [-0.39, 0.29) is 0 Å². The number of nitrogens with one attached hydrogen (secondary N) is 1. The van der Waals surface area contributed by atoms with Crippen LogP contribution in [0.2, 0.25) is 0 Å². The molecule has 0 unspecified atom stereocenters. The summed E-state index contributed by atoms with van der Waals surface area (Å²) in [7, 11) is 2.22. The SMILES string of the molecule is CN1C[C@H](CN)C=C2c3cccc4[nH]cc(c34)C[C@H]21. The molecular weight excluding hydrogens is 234 g/mol. The predicted octanol–water partition coefficient (Wildman–Crippen LogP) is 2.00. The smallest absolute Gasteiger partial charge is 0.0462 e. The summed E-state index contributed by atoms with van der Waals surface area (Å²) in [6.07, 6.45) is 5.69. The molecule has 0 radical (unpaired) electrons. The molecule has 3 nitrogen and oxygen atoms in total. The van der Waals surface area contributed by atoms with Gasteiger partial charge in [0, 0.05) is 35.6 Å². The topological polar surface area (TPSA) is 45.0 Å². The maximum absolute atomic E-state index is 5.88. The van der Waals surface area contributed by atoms with E-state index < -0.39 is 0 Å². The highest BCUT2D eigenvalue weighted by Gasteiger charge is 2.32. The normalized spacial score (nSPS) is 26.3. The lowest BCUT2D eigenvalue weighted by molar-refractivity contribution is 0.247. The Morgan fingerprint density at radius 2 is 2.32 bits per heavy atom. The van der Waals surface area contributed by atoms with Crippen molar-refractivity contribution < 1.29 is 0 Å². The van der Waals surface area contributed by atoms with Crippen LogP contribution in [0.4, 0.5) is 0 Å². The first-order valence-electron chi connectivity index (χ1n) is 6.99. The molecule has 0 fully saturated rings. The summed E-state index contributed by atoms with van der Waals surface area (Å²) in [4.78, 5) is 5.86. The van der Waals surface area contributed by atoms with Gasteiger partial charge in [-0.1, -0.05) is 18.2 Å². The minimum atomic E-state index is 0.479. The number of nitrogens with zero attached hydrogens (tertiary/aromatic N) is 1. The Kier molecular flexibility index (Phi) is 2.34. The molecule has 2 aliphatic rings. The van der Waals surface area contributed by atoms with E-state index in [1.165, 1.54) is 27.6 Å². The Balaban J connectivity index is 1.97. The molecule has 0 bridgehead atoms. The number of hydrogen-bond donors (Lipinski definition) is 2. The van der Waals surface area contributed by atoms with E-state index in [2.05, 4.69) is 47.4 Å². The summed E-state index contributed by atoms with van der Waals surface area (Å²) >= 11 is 0. The third kappa shape index (κ3) is 1.52. The van der Waals surface area contributed by atoms with Gasteiger partial charge in [0.15, 0.2) is 0 Å². The van der Waals surface area contributed by atoms with Crippen molar-refractivity contribution in [1.82, 2.24) is 9.88 Å². The number of fused-ring (bicyclic) bond motifs is 2. The summed E-state index contributed by atoms with van der Waals surface area (Å²) in [5.74, 6) is 0.479. The van der Waals surface area contributed by atoms with Crippen LogP contribution in [0.1, 0.15) is 11.1 Å². The summed E-state index contributed by atoms with van der Waals surface area (Å²) in [5.41, 5.74) is 11.5. The van der Waals surface area contributed by atoms with Crippen molar-refractivity contribution in [1.29, 1.82) is 0 Å². The summed E-state index contributed by atoms with van der Waals surface area (Å²) in [6, 6.07) is 7.07. The lowest BCUT2D eigenvalue weighted by atomic mass is 9.80. The second kappa shape index (κ2) is 3.95. The van der Waals surface area contributed by atoms with E-state index in [1.807, 2.05) is 0 Å². The van der Waals surface area contributed by atoms with Crippen molar-refractivity contribution in [2.45, 2.75) is 12.5 Å². The highest BCUT2D eigenvalue weighted by atomic mass is 15.1. The van der Waals surface area contributed by atoms with Crippen LogP contribution in [0.15, 0.2) is 30.5 Å². The second-order valence-electron chi connectivity index (χ2n) is 5.82. The van der Waals surface area contributed by atoms with Gasteiger partial charge in [-0.05, 0) is 42.8 Å². The number of nitrogens with two attached hydrogens (primary N) is 1. The van der Waals surface area contributed by atoms with Crippen LogP contribution >= 0.6 is 0 Å². The fraction of sp³-hybridized carbons (Fsp3) is 0.375. The van der Waals surface area contributed by atoms with Gasteiger partial charge in [0.1, 0.15) is 0 Å². The standard InChI is InChI=1S/C16H19N3/c1-19-9-10(7-17)5-13-12-3-2-4-14-16(12)11(8-18-14)6-15(13)19/h2-5,8,10,15,18H,6-7,9,17H2,1H3/t10-,15+/m0/s1. The number of H-pyrrole nitrogens is 1. The summed E-state index contributed by atoms with van der Waals surface area (Å²) in [6.45, 7) is 1.80. The molecule has 3 N–H and O–H groups in total. The van der Waals surface area contributed by atoms with E-state index in [1.54, 1.807) is 0 Å². The molecule has 2 aromatic rings. The molecule has 3 heteroatoms. The second-order valence-corrected chi connectivity index (χ2v) is 5.82. The minimum Gasteiger partial charge on any atom is -0.361 e. The molecule has 2 atom stereocenters. The molecule has 1 aliphatic carbocycles. The van der Waals surface area contributed by atoms with Crippen LogP contribution in [-0.4, -0.2) is 36.1 Å². The Bertz CT molecular complexity index is 668. The van der Waals surface area contributed by atoms with E-state index in [0.717, 1.165) is 19.5 Å². The Morgan fingerprint density at radius 1 is 1.42 bits per heavy atom. The van der Waals surface area contributed by atoms with Gasteiger partial charge in [-0.15, -0.1) is 0 Å². The lowest BCUT2D eigenvalue weighted by Gasteiger charge is -2.39. The van der Waals surface area contributed by atoms with Gasteiger partial charge in [0.25, 0.3) is 0 Å². The third-order valence-corrected chi connectivity index (χ3v) is 4.64. The lowest BCUT2D eigenvalue weighted by Crippen LogP contribution is -2.44. The average Bonchev–Trinajstić information content (AvgIpc) is 2.85. The van der Waals surface area contributed by atoms with Gasteiger partial charge in [-0.3, -0.25) is 4.90 Å². The molecule has 1 aliphatic heterocycles. The van der Waals surface area contributed by atoms with Crippen LogP contribution in [0.3, 0.4) is 0 Å². The number of likely N-dealkylation sites (N-methyl/N-ethyl adjacent to an activating group) is 1. The molecule has 2 heterocycles. The molecular formula is C16H19N3. The van der Waals surface area contributed by atoms with E-state index in [4.69, 9.17) is 5.73 Å². The van der Waals surface area contributed by atoms with Gasteiger partial charge >= 0.3 is 0 Å². The first kappa shape index (κ1) is 11.3. The quantitative estimate of drug-likeness (QED) is 0.816. The molecule has 98 valence electrons. The highest BCUT2D eigenvalue weighted by molar-refractivity contribution is 5.98. The maximum atomic E-state index is 5.88. The Hall–Kier alpha value is -1.58. The number of aromatic nitrogens is 1. The highest BCUT2D eigenvalue weighted by Crippen LogP contribution is 2.40. The van der Waals surface area contributed by atoms with Gasteiger partial charge < -0.3 is 10.7 Å². The fourth-order valence-corrected chi connectivity index (χ4v) is 3.70. The van der Waals surface area contributed by atoms with E-state index in [0.29, 0.717) is 12.0 Å². The van der Waals surface area contributed by atoms with Gasteiger partial charge in [-0.25, -0.2) is 0 Å². The predicted molar refractivity (Wildman–Crippen MR) is 78.9 cm³/mol. The zero-order valence-corrected chi connectivity index (χ0v) is 11.2. The van der Waals surface area contributed by atoms with Crippen LogP contribution in [-0.2, 0) is 6.42 Å². The molecule has 0 saturated heterocycles. The van der Waals surface area contributed by atoms with Crippen LogP contribution in [0.25, 0.3) is 16.5 Å². The molecule has 1 aromatic heterocycles. The minimum absolute atomic E-state index is 0.479.